The minimum Gasteiger partial charge on any atom is -0.427 e. The molecule has 5 aromatic carbocycles. The Morgan fingerprint density at radius 3 is 2.24 bits per heavy atom. The third-order valence-electron chi connectivity index (χ3n) is 12.7. The van der Waals surface area contributed by atoms with Gasteiger partial charge < -0.3 is 24.4 Å². The molecule has 8 rings (SSSR count). The molecule has 6 aromatic rings. The Morgan fingerprint density at radius 2 is 1.48 bits per heavy atom. The van der Waals surface area contributed by atoms with Crippen molar-refractivity contribution in [2.24, 2.45) is 0 Å². The lowest BCUT2D eigenvalue weighted by Crippen LogP contribution is -2.76. The number of hydrogen-bond acceptors (Lipinski definition) is 8. The summed E-state index contributed by atoms with van der Waals surface area (Å²) >= 11 is 0. The van der Waals surface area contributed by atoms with Crippen molar-refractivity contribution in [1.82, 2.24) is 30.3 Å². The summed E-state index contributed by atoms with van der Waals surface area (Å²) in [4.78, 5) is 60.3. The third kappa shape index (κ3) is 11.9. The molecule has 0 spiro atoms. The fourth-order valence-corrected chi connectivity index (χ4v) is 9.17. The van der Waals surface area contributed by atoms with Crippen molar-refractivity contribution in [2.45, 2.75) is 109 Å². The predicted octanol–water partition coefficient (Wildman–Crippen LogP) is 10.2. The highest BCUT2D eigenvalue weighted by Gasteiger charge is 2.51. The van der Waals surface area contributed by atoms with Crippen LogP contribution >= 0.6 is 0 Å². The summed E-state index contributed by atoms with van der Waals surface area (Å²) in [5.41, 5.74) is 3.70. The van der Waals surface area contributed by atoms with Gasteiger partial charge in [0.15, 0.2) is 5.76 Å². The first-order chi connectivity index (χ1) is 32.7. The first kappa shape index (κ1) is 46.7. The van der Waals surface area contributed by atoms with E-state index in [0.717, 1.165) is 46.7 Å². The van der Waals surface area contributed by atoms with E-state index in [1.54, 1.807) is 45.1 Å². The summed E-state index contributed by atoms with van der Waals surface area (Å²) in [5, 5.41) is 12.5. The van der Waals surface area contributed by atoms with Gasteiger partial charge in [-0.3, -0.25) is 14.4 Å². The molecule has 0 radical (unpaired) electrons. The topological polar surface area (TPSA) is 129 Å². The van der Waals surface area contributed by atoms with Crippen molar-refractivity contribution < 1.29 is 32.8 Å². The zero-order valence-corrected chi connectivity index (χ0v) is 38.2. The number of fused-ring (bicyclic) bond motifs is 2. The normalized spacial score (nSPS) is 16.4. The monoisotopic (exact) mass is 906 g/mol. The van der Waals surface area contributed by atoms with Crippen LogP contribution in [-0.2, 0) is 40.4 Å². The van der Waals surface area contributed by atoms with Gasteiger partial charge in [-0.1, -0.05) is 148 Å². The molecule has 2 fully saturated rings. The average molecular weight is 907 g/mol. The first-order valence-electron chi connectivity index (χ1n) is 23.7. The smallest absolute Gasteiger partial charge is 0.334 e. The lowest BCUT2D eigenvalue weighted by Gasteiger charge is -2.55. The number of carbonyl (C=O) groups excluding carboxylic acids is 4. The summed E-state index contributed by atoms with van der Waals surface area (Å²) in [6, 6.07) is 36.8. The van der Waals surface area contributed by atoms with Gasteiger partial charge in [-0.15, -0.1) is 0 Å². The van der Waals surface area contributed by atoms with E-state index >= 15 is 0 Å². The summed E-state index contributed by atoms with van der Waals surface area (Å²) in [6.45, 7) is 2.49. The zero-order valence-electron chi connectivity index (χ0n) is 38.2. The van der Waals surface area contributed by atoms with Gasteiger partial charge in [0, 0.05) is 37.6 Å². The molecular formula is C54H59FN6O6. The highest BCUT2D eigenvalue weighted by atomic mass is 19.1. The van der Waals surface area contributed by atoms with Crippen LogP contribution in [0.5, 0.6) is 5.75 Å². The van der Waals surface area contributed by atoms with Crippen LogP contribution < -0.4 is 10.1 Å². The molecule has 67 heavy (non-hydrogen) atoms. The molecule has 2 aliphatic heterocycles. The number of hydrazine groups is 1. The van der Waals surface area contributed by atoms with Crippen LogP contribution in [0.25, 0.3) is 22.0 Å². The minimum absolute atomic E-state index is 0.00424. The van der Waals surface area contributed by atoms with Crippen LogP contribution in [0.2, 0.25) is 0 Å². The average Bonchev–Trinajstić information content (AvgIpc) is 3.81. The molecule has 2 aliphatic rings. The van der Waals surface area contributed by atoms with Gasteiger partial charge in [0.25, 0.3) is 0 Å². The molecule has 0 unspecified atom stereocenters. The van der Waals surface area contributed by atoms with Gasteiger partial charge in [-0.25, -0.2) is 14.2 Å². The number of benzene rings is 5. The number of unbranched alkanes of at least 4 members (excludes halogenated alkanes) is 8. The van der Waals surface area contributed by atoms with Crippen molar-refractivity contribution in [2.75, 3.05) is 13.1 Å². The fourth-order valence-electron chi connectivity index (χ4n) is 9.17. The zero-order chi connectivity index (χ0) is 46.5. The quantitative estimate of drug-likeness (QED) is 0.0456. The van der Waals surface area contributed by atoms with Gasteiger partial charge in [-0.05, 0) is 70.3 Å². The Labute approximate surface area is 391 Å². The number of ether oxygens (including phenoxy) is 1. The minimum atomic E-state index is -0.969. The van der Waals surface area contributed by atoms with Gasteiger partial charge in [-0.2, -0.15) is 5.01 Å². The Bertz CT molecular complexity index is 2600. The van der Waals surface area contributed by atoms with Crippen molar-refractivity contribution in [3.05, 3.63) is 156 Å². The number of aromatic nitrogens is 1. The van der Waals surface area contributed by atoms with Gasteiger partial charge in [0.2, 0.25) is 11.8 Å². The molecule has 0 saturated carbocycles. The highest BCUT2D eigenvalue weighted by molar-refractivity contribution is 5.92. The molecule has 0 aliphatic carbocycles. The number of esters is 1. The molecule has 0 bridgehead atoms. The number of halogens is 1. The Hall–Kier alpha value is -6.86. The highest BCUT2D eigenvalue weighted by Crippen LogP contribution is 2.32. The van der Waals surface area contributed by atoms with Crippen LogP contribution in [-0.4, -0.2) is 74.1 Å². The van der Waals surface area contributed by atoms with E-state index in [1.807, 2.05) is 84.9 Å². The summed E-state index contributed by atoms with van der Waals surface area (Å²) in [7, 11) is 0. The molecule has 2 saturated heterocycles. The van der Waals surface area contributed by atoms with E-state index in [4.69, 9.17) is 9.26 Å². The van der Waals surface area contributed by atoms with E-state index < -0.39 is 18.2 Å². The number of carbonyl (C=O) groups is 4. The van der Waals surface area contributed by atoms with Crippen LogP contribution in [0.1, 0.15) is 93.6 Å². The van der Waals surface area contributed by atoms with Crippen LogP contribution in [0.4, 0.5) is 9.18 Å². The lowest BCUT2D eigenvalue weighted by atomic mass is 9.97. The van der Waals surface area contributed by atoms with Gasteiger partial charge >= 0.3 is 12.0 Å². The maximum absolute atomic E-state index is 14.9. The van der Waals surface area contributed by atoms with E-state index in [9.17, 15) is 23.6 Å². The second kappa shape index (κ2) is 22.6. The van der Waals surface area contributed by atoms with Crippen LogP contribution in [0.15, 0.2) is 132 Å². The number of nitrogens with one attached hydrogen (secondary N) is 1. The number of rotatable bonds is 20. The van der Waals surface area contributed by atoms with E-state index in [2.05, 4.69) is 17.4 Å². The molecule has 13 heteroatoms. The summed E-state index contributed by atoms with van der Waals surface area (Å²) in [6.07, 6.45) is 10.0. The SMILES string of the molecule is CCCCCCCCCCCC(=O)Oc1ccc(C[C@H]2C(=O)N(Cc3cccc4ccccc34)C[C@H]3N2C(=O)CN(Cc2cc(-c4ccc(F)cc4)no2)N3C(=O)NCc2ccccc2)cc1. The molecule has 12 nitrogen and oxygen atoms in total. The molecule has 4 amide bonds. The summed E-state index contributed by atoms with van der Waals surface area (Å²) < 4.78 is 25.2. The number of hydrogen-bond donors (Lipinski definition) is 1. The second-order valence-corrected chi connectivity index (χ2v) is 17.6. The van der Waals surface area contributed by atoms with Crippen molar-refractivity contribution in [1.29, 1.82) is 0 Å². The summed E-state index contributed by atoms with van der Waals surface area (Å²) in [5.74, 6) is -0.442. The Balaban J connectivity index is 1.04. The van der Waals surface area contributed by atoms with E-state index in [-0.39, 0.29) is 62.7 Å². The van der Waals surface area contributed by atoms with Crippen molar-refractivity contribution in [3.63, 3.8) is 0 Å². The number of nitrogens with zero attached hydrogens (tertiary/aromatic N) is 5. The van der Waals surface area contributed by atoms with E-state index in [1.165, 1.54) is 55.7 Å². The fraction of sp³-hybridized carbons (Fsp3) is 0.352. The van der Waals surface area contributed by atoms with E-state index in [0.29, 0.717) is 29.2 Å². The van der Waals surface area contributed by atoms with Crippen molar-refractivity contribution >= 4 is 34.6 Å². The third-order valence-corrected chi connectivity index (χ3v) is 12.7. The molecule has 2 atom stereocenters. The lowest BCUT2D eigenvalue weighted by molar-refractivity contribution is -0.193. The molecule has 3 heterocycles. The predicted molar refractivity (Wildman–Crippen MR) is 254 cm³/mol. The maximum Gasteiger partial charge on any atom is 0.334 e. The van der Waals surface area contributed by atoms with Gasteiger partial charge in [0.05, 0.1) is 19.6 Å². The maximum atomic E-state index is 14.9. The Kier molecular flexibility index (Phi) is 15.7. The first-order valence-corrected chi connectivity index (χ1v) is 23.7. The number of piperazine rings is 1. The number of amides is 4. The molecule has 1 N–H and O–H groups in total. The second-order valence-electron chi connectivity index (χ2n) is 17.6. The van der Waals surface area contributed by atoms with Crippen molar-refractivity contribution in [3.8, 4) is 17.0 Å². The standard InChI is InChI=1S/C54H59FN6O6/c1-2-3-4-5-6-7-8-9-13-23-52(63)66-45-30-24-39(25-31-45)32-49-53(64)58(35-43-21-16-20-41-19-14-15-22-47(41)43)37-50-60(49)51(62)38-59(61(50)54(65)56-34-40-17-11-10-12-18-40)36-46-33-48(57-67-46)42-26-28-44(55)29-27-42/h10-12,14-22,24-31,33,49-50H,2-9,13,23,32,34-38H2,1H3,(H,56,65)/t49-,50-/m0/s1. The molecule has 1 aromatic heterocycles. The molecule has 348 valence electrons. The number of urea groups is 1. The largest absolute Gasteiger partial charge is 0.427 e. The van der Waals surface area contributed by atoms with Gasteiger partial charge in [0.1, 0.15) is 29.5 Å². The molecular weight excluding hydrogens is 848 g/mol. The Morgan fingerprint density at radius 1 is 0.776 bits per heavy atom. The van der Waals surface area contributed by atoms with Crippen LogP contribution in [0, 0.1) is 5.82 Å². The van der Waals surface area contributed by atoms with Crippen LogP contribution in [0.3, 0.4) is 0 Å².